The Morgan fingerprint density at radius 3 is 2.86 bits per heavy atom. The molecule has 0 aromatic carbocycles. The quantitative estimate of drug-likeness (QED) is 0.768. The Morgan fingerprint density at radius 1 is 1.57 bits per heavy atom. The molecule has 2 heterocycles. The van der Waals surface area contributed by atoms with Gasteiger partial charge in [-0.05, 0) is 19.1 Å². The Hall–Kier alpha value is -1.42. The Balaban J connectivity index is 2.48. The SMILES string of the molecule is CC(=O)c1nc(-c2ccc[nH]2)sc1C. The molecule has 1 N–H and O–H groups in total. The number of nitrogens with one attached hydrogen (secondary N) is 1. The van der Waals surface area contributed by atoms with Gasteiger partial charge in [0.15, 0.2) is 5.78 Å². The minimum absolute atomic E-state index is 0.0246. The summed E-state index contributed by atoms with van der Waals surface area (Å²) in [5, 5.41) is 0.873. The molecule has 3 nitrogen and oxygen atoms in total. The molecule has 14 heavy (non-hydrogen) atoms. The van der Waals surface area contributed by atoms with Crippen molar-refractivity contribution in [1.82, 2.24) is 9.97 Å². The smallest absolute Gasteiger partial charge is 0.179 e. The fraction of sp³-hybridized carbons (Fsp3) is 0.200. The van der Waals surface area contributed by atoms with Gasteiger partial charge in [0.2, 0.25) is 0 Å². The maximum atomic E-state index is 11.2. The summed E-state index contributed by atoms with van der Waals surface area (Å²) in [5.41, 5.74) is 1.55. The summed E-state index contributed by atoms with van der Waals surface area (Å²) < 4.78 is 0. The maximum absolute atomic E-state index is 11.2. The number of hydrogen-bond acceptors (Lipinski definition) is 3. The normalized spacial score (nSPS) is 10.4. The molecule has 0 radical (unpaired) electrons. The Kier molecular flexibility index (Phi) is 2.21. The van der Waals surface area contributed by atoms with Crippen molar-refractivity contribution in [2.45, 2.75) is 13.8 Å². The molecule has 0 aliphatic rings. The number of ketones is 1. The van der Waals surface area contributed by atoms with Gasteiger partial charge in [0.1, 0.15) is 10.7 Å². The number of aromatic amines is 1. The van der Waals surface area contributed by atoms with E-state index in [2.05, 4.69) is 9.97 Å². The van der Waals surface area contributed by atoms with Crippen molar-refractivity contribution < 1.29 is 4.79 Å². The monoisotopic (exact) mass is 206 g/mol. The highest BCUT2D eigenvalue weighted by Crippen LogP contribution is 2.26. The van der Waals surface area contributed by atoms with Gasteiger partial charge in [-0.1, -0.05) is 0 Å². The Labute approximate surface area is 85.8 Å². The minimum atomic E-state index is 0.0246. The van der Waals surface area contributed by atoms with Gasteiger partial charge >= 0.3 is 0 Å². The lowest BCUT2D eigenvalue weighted by molar-refractivity contribution is 0.101. The average Bonchev–Trinajstić information content (AvgIpc) is 2.70. The molecule has 0 saturated heterocycles. The van der Waals surface area contributed by atoms with Crippen LogP contribution in [0.3, 0.4) is 0 Å². The Bertz CT molecular complexity index is 456. The lowest BCUT2D eigenvalue weighted by Crippen LogP contribution is -1.94. The summed E-state index contributed by atoms with van der Waals surface area (Å²) in [4.78, 5) is 19.5. The summed E-state index contributed by atoms with van der Waals surface area (Å²) in [6.45, 7) is 3.46. The van der Waals surface area contributed by atoms with Crippen LogP contribution in [-0.4, -0.2) is 15.8 Å². The van der Waals surface area contributed by atoms with E-state index in [1.165, 1.54) is 11.3 Å². The van der Waals surface area contributed by atoms with Crippen LogP contribution in [0.2, 0.25) is 0 Å². The number of Topliss-reactive ketones (excluding diaryl/α,β-unsaturated/α-hetero) is 1. The van der Waals surface area contributed by atoms with Crippen LogP contribution in [0.15, 0.2) is 18.3 Å². The van der Waals surface area contributed by atoms with Crippen LogP contribution in [0.4, 0.5) is 0 Å². The van der Waals surface area contributed by atoms with E-state index in [1.807, 2.05) is 25.3 Å². The molecule has 2 aromatic rings. The molecule has 4 heteroatoms. The van der Waals surface area contributed by atoms with E-state index in [0.717, 1.165) is 15.6 Å². The highest BCUT2D eigenvalue weighted by molar-refractivity contribution is 7.15. The van der Waals surface area contributed by atoms with Crippen molar-refractivity contribution in [1.29, 1.82) is 0 Å². The summed E-state index contributed by atoms with van der Waals surface area (Å²) in [6, 6.07) is 3.86. The van der Waals surface area contributed by atoms with Crippen molar-refractivity contribution in [3.8, 4) is 10.7 Å². The summed E-state index contributed by atoms with van der Waals surface area (Å²) in [7, 11) is 0. The molecule has 0 atom stereocenters. The van der Waals surface area contributed by atoms with Crippen molar-refractivity contribution in [3.63, 3.8) is 0 Å². The lowest BCUT2D eigenvalue weighted by Gasteiger charge is -1.88. The molecule has 0 spiro atoms. The zero-order valence-corrected chi connectivity index (χ0v) is 8.81. The first-order valence-corrected chi connectivity index (χ1v) is 5.12. The first-order valence-electron chi connectivity index (χ1n) is 4.30. The second kappa shape index (κ2) is 3.38. The van der Waals surface area contributed by atoms with Gasteiger partial charge in [0, 0.05) is 18.0 Å². The third-order valence-electron chi connectivity index (χ3n) is 1.96. The van der Waals surface area contributed by atoms with Gasteiger partial charge in [0.25, 0.3) is 0 Å². The fourth-order valence-electron chi connectivity index (χ4n) is 1.30. The molecule has 0 aliphatic heterocycles. The number of aryl methyl sites for hydroxylation is 1. The largest absolute Gasteiger partial charge is 0.359 e. The first-order chi connectivity index (χ1) is 6.68. The van der Waals surface area contributed by atoms with Crippen molar-refractivity contribution >= 4 is 17.1 Å². The number of carbonyl (C=O) groups is 1. The number of aromatic nitrogens is 2. The standard InChI is InChI=1S/C10H10N2OS/c1-6(13)9-7(2)14-10(12-9)8-4-3-5-11-8/h3-5,11H,1-2H3. The van der Waals surface area contributed by atoms with E-state index in [1.54, 1.807) is 6.92 Å². The molecule has 0 unspecified atom stereocenters. The molecule has 2 aromatic heterocycles. The van der Waals surface area contributed by atoms with E-state index < -0.39 is 0 Å². The first kappa shape index (κ1) is 9.15. The van der Waals surface area contributed by atoms with Gasteiger partial charge < -0.3 is 4.98 Å². The fourth-order valence-corrected chi connectivity index (χ4v) is 2.25. The van der Waals surface area contributed by atoms with Crippen LogP contribution in [0.5, 0.6) is 0 Å². The molecule has 0 saturated carbocycles. The predicted molar refractivity (Wildman–Crippen MR) is 56.6 cm³/mol. The van der Waals surface area contributed by atoms with Gasteiger partial charge in [-0.3, -0.25) is 4.79 Å². The number of hydrogen-bond donors (Lipinski definition) is 1. The third kappa shape index (κ3) is 1.48. The number of nitrogens with zero attached hydrogens (tertiary/aromatic N) is 1. The topological polar surface area (TPSA) is 45.8 Å². The average molecular weight is 206 g/mol. The Morgan fingerprint density at radius 2 is 2.36 bits per heavy atom. The second-order valence-corrected chi connectivity index (χ2v) is 4.27. The third-order valence-corrected chi connectivity index (χ3v) is 2.96. The van der Waals surface area contributed by atoms with Gasteiger partial charge in [-0.25, -0.2) is 4.98 Å². The van der Waals surface area contributed by atoms with E-state index >= 15 is 0 Å². The highest BCUT2D eigenvalue weighted by atomic mass is 32.1. The van der Waals surface area contributed by atoms with Crippen LogP contribution in [0, 0.1) is 6.92 Å². The molecular weight excluding hydrogens is 196 g/mol. The van der Waals surface area contributed by atoms with Crippen LogP contribution in [0.25, 0.3) is 10.7 Å². The second-order valence-electron chi connectivity index (χ2n) is 3.06. The number of thiazole rings is 1. The predicted octanol–water partition coefficient (Wildman–Crippen LogP) is 2.65. The van der Waals surface area contributed by atoms with E-state index in [9.17, 15) is 4.79 Å². The maximum Gasteiger partial charge on any atom is 0.179 e. The van der Waals surface area contributed by atoms with E-state index in [0.29, 0.717) is 5.69 Å². The van der Waals surface area contributed by atoms with Crippen LogP contribution < -0.4 is 0 Å². The lowest BCUT2D eigenvalue weighted by atomic mass is 10.3. The summed E-state index contributed by atoms with van der Waals surface area (Å²) >= 11 is 1.54. The molecule has 0 fully saturated rings. The summed E-state index contributed by atoms with van der Waals surface area (Å²) in [6.07, 6.45) is 1.85. The van der Waals surface area contributed by atoms with Gasteiger partial charge in [-0.15, -0.1) is 11.3 Å². The summed E-state index contributed by atoms with van der Waals surface area (Å²) in [5.74, 6) is 0.0246. The number of rotatable bonds is 2. The molecule has 2 rings (SSSR count). The molecule has 72 valence electrons. The molecule has 0 aliphatic carbocycles. The molecule has 0 amide bonds. The van der Waals surface area contributed by atoms with Gasteiger partial charge in [0.05, 0.1) is 5.69 Å². The van der Waals surface area contributed by atoms with Crippen LogP contribution in [0.1, 0.15) is 22.3 Å². The highest BCUT2D eigenvalue weighted by Gasteiger charge is 2.12. The van der Waals surface area contributed by atoms with Crippen molar-refractivity contribution in [2.24, 2.45) is 0 Å². The zero-order valence-electron chi connectivity index (χ0n) is 8.00. The number of H-pyrrole nitrogens is 1. The van der Waals surface area contributed by atoms with E-state index in [-0.39, 0.29) is 5.78 Å². The van der Waals surface area contributed by atoms with Crippen molar-refractivity contribution in [2.75, 3.05) is 0 Å². The number of carbonyl (C=O) groups excluding carboxylic acids is 1. The zero-order chi connectivity index (χ0) is 10.1. The van der Waals surface area contributed by atoms with Crippen LogP contribution in [-0.2, 0) is 0 Å². The minimum Gasteiger partial charge on any atom is -0.359 e. The molecule has 0 bridgehead atoms. The van der Waals surface area contributed by atoms with Gasteiger partial charge in [-0.2, -0.15) is 0 Å². The van der Waals surface area contributed by atoms with E-state index in [4.69, 9.17) is 0 Å². The van der Waals surface area contributed by atoms with Crippen molar-refractivity contribution in [3.05, 3.63) is 28.9 Å². The molecular formula is C10H10N2OS. The van der Waals surface area contributed by atoms with Crippen LogP contribution >= 0.6 is 11.3 Å².